The first kappa shape index (κ1) is 15.5. The van der Waals surface area contributed by atoms with E-state index in [0.29, 0.717) is 5.92 Å². The maximum absolute atomic E-state index is 11.7. The Labute approximate surface area is 101 Å². The molecule has 2 N–H and O–H groups in total. The molecule has 0 aliphatic heterocycles. The Morgan fingerprint density at radius 2 is 1.81 bits per heavy atom. The highest BCUT2D eigenvalue weighted by atomic mass is 16.1. The molecule has 16 heavy (non-hydrogen) atoms. The van der Waals surface area contributed by atoms with Gasteiger partial charge in [0.1, 0.15) is 0 Å². The van der Waals surface area contributed by atoms with E-state index < -0.39 is 0 Å². The van der Waals surface area contributed by atoms with E-state index in [4.69, 9.17) is 5.73 Å². The molecule has 96 valence electrons. The average Bonchev–Trinajstić information content (AvgIpc) is 2.28. The Kier molecular flexibility index (Phi) is 7.44. The molecule has 0 saturated carbocycles. The zero-order valence-electron chi connectivity index (χ0n) is 11.5. The van der Waals surface area contributed by atoms with Crippen molar-refractivity contribution in [1.82, 2.24) is 0 Å². The van der Waals surface area contributed by atoms with Crippen molar-refractivity contribution in [1.29, 1.82) is 0 Å². The number of carbonyl (C=O) groups excluding carboxylic acids is 1. The van der Waals surface area contributed by atoms with Crippen molar-refractivity contribution >= 4 is 5.91 Å². The SMILES string of the molecule is CCCCCCC(CC)(C(N)=O)C(C)CC. The molecular formula is C14H29NO. The molecule has 2 nitrogen and oxygen atoms in total. The van der Waals surface area contributed by atoms with Crippen molar-refractivity contribution in [3.8, 4) is 0 Å². The first-order chi connectivity index (χ1) is 7.55. The quantitative estimate of drug-likeness (QED) is 0.597. The highest BCUT2D eigenvalue weighted by Crippen LogP contribution is 2.38. The molecule has 0 aliphatic rings. The van der Waals surface area contributed by atoms with Gasteiger partial charge in [0.25, 0.3) is 0 Å². The Morgan fingerprint density at radius 3 is 2.19 bits per heavy atom. The summed E-state index contributed by atoms with van der Waals surface area (Å²) >= 11 is 0. The van der Waals surface area contributed by atoms with E-state index in [1.54, 1.807) is 0 Å². The van der Waals surface area contributed by atoms with Gasteiger partial charge in [-0.2, -0.15) is 0 Å². The molecule has 2 unspecified atom stereocenters. The molecule has 0 rings (SSSR count). The summed E-state index contributed by atoms with van der Waals surface area (Å²) in [5.41, 5.74) is 5.37. The molecular weight excluding hydrogens is 198 g/mol. The fraction of sp³-hybridized carbons (Fsp3) is 0.929. The van der Waals surface area contributed by atoms with E-state index in [1.165, 1.54) is 19.3 Å². The highest BCUT2D eigenvalue weighted by molar-refractivity contribution is 5.81. The van der Waals surface area contributed by atoms with Gasteiger partial charge in [-0.25, -0.2) is 0 Å². The number of hydrogen-bond donors (Lipinski definition) is 1. The molecule has 0 aromatic heterocycles. The Morgan fingerprint density at radius 1 is 1.19 bits per heavy atom. The minimum absolute atomic E-state index is 0.0964. The van der Waals surface area contributed by atoms with Gasteiger partial charge in [-0.1, -0.05) is 59.8 Å². The van der Waals surface area contributed by atoms with Crippen molar-refractivity contribution in [2.75, 3.05) is 0 Å². The van der Waals surface area contributed by atoms with Crippen molar-refractivity contribution in [3.05, 3.63) is 0 Å². The number of nitrogens with two attached hydrogens (primary N) is 1. The molecule has 1 amide bonds. The predicted molar refractivity (Wildman–Crippen MR) is 70.1 cm³/mol. The van der Waals surface area contributed by atoms with E-state index in [9.17, 15) is 4.79 Å². The van der Waals surface area contributed by atoms with E-state index in [2.05, 4.69) is 27.7 Å². The second kappa shape index (κ2) is 7.70. The summed E-state index contributed by atoms with van der Waals surface area (Å²) in [7, 11) is 0. The third-order valence-corrected chi connectivity index (χ3v) is 4.15. The summed E-state index contributed by atoms with van der Waals surface area (Å²) in [5, 5.41) is 0. The van der Waals surface area contributed by atoms with Crippen LogP contribution in [0.15, 0.2) is 0 Å². The van der Waals surface area contributed by atoms with E-state index >= 15 is 0 Å². The number of carbonyl (C=O) groups is 1. The highest BCUT2D eigenvalue weighted by Gasteiger charge is 2.38. The van der Waals surface area contributed by atoms with Crippen LogP contribution in [-0.4, -0.2) is 5.91 Å². The van der Waals surface area contributed by atoms with Crippen LogP contribution >= 0.6 is 0 Å². The maximum atomic E-state index is 11.7. The standard InChI is InChI=1S/C14H29NO/c1-5-8-9-10-11-14(7-3,13(15)16)12(4)6-2/h12H,5-11H2,1-4H3,(H2,15,16). The maximum Gasteiger partial charge on any atom is 0.223 e. The van der Waals surface area contributed by atoms with Crippen LogP contribution in [0.5, 0.6) is 0 Å². The van der Waals surface area contributed by atoms with E-state index in [0.717, 1.165) is 25.7 Å². The average molecular weight is 227 g/mol. The van der Waals surface area contributed by atoms with Crippen LogP contribution in [0.2, 0.25) is 0 Å². The second-order valence-electron chi connectivity index (χ2n) is 4.99. The van der Waals surface area contributed by atoms with Crippen LogP contribution in [-0.2, 0) is 4.79 Å². The topological polar surface area (TPSA) is 43.1 Å². The molecule has 0 aliphatic carbocycles. The number of unbranched alkanes of at least 4 members (excludes halogenated alkanes) is 3. The normalized spacial score (nSPS) is 16.8. The van der Waals surface area contributed by atoms with Crippen molar-refractivity contribution in [2.45, 2.75) is 72.6 Å². The molecule has 0 bridgehead atoms. The summed E-state index contributed by atoms with van der Waals surface area (Å²) in [4.78, 5) is 11.7. The molecule has 0 radical (unpaired) electrons. The summed E-state index contributed by atoms with van der Waals surface area (Å²) < 4.78 is 0. The van der Waals surface area contributed by atoms with Crippen molar-refractivity contribution < 1.29 is 4.79 Å². The van der Waals surface area contributed by atoms with Crippen molar-refractivity contribution in [2.24, 2.45) is 17.1 Å². The fourth-order valence-corrected chi connectivity index (χ4v) is 2.57. The van der Waals surface area contributed by atoms with Crippen LogP contribution in [0.25, 0.3) is 0 Å². The smallest absolute Gasteiger partial charge is 0.223 e. The monoisotopic (exact) mass is 227 g/mol. The van der Waals surface area contributed by atoms with Crippen LogP contribution in [0, 0.1) is 11.3 Å². The van der Waals surface area contributed by atoms with Gasteiger partial charge < -0.3 is 5.73 Å². The summed E-state index contributed by atoms with van der Waals surface area (Å²) in [6.07, 6.45) is 7.73. The lowest BCUT2D eigenvalue weighted by atomic mass is 9.69. The summed E-state index contributed by atoms with van der Waals surface area (Å²) in [6, 6.07) is 0. The van der Waals surface area contributed by atoms with Gasteiger partial charge in [-0.3, -0.25) is 4.79 Å². The molecule has 0 aromatic carbocycles. The van der Waals surface area contributed by atoms with Gasteiger partial charge >= 0.3 is 0 Å². The molecule has 0 heterocycles. The Hall–Kier alpha value is -0.530. The zero-order valence-corrected chi connectivity index (χ0v) is 11.5. The molecule has 0 fully saturated rings. The van der Waals surface area contributed by atoms with Gasteiger partial charge in [-0.05, 0) is 18.8 Å². The zero-order chi connectivity index (χ0) is 12.6. The van der Waals surface area contributed by atoms with Gasteiger partial charge in [0.2, 0.25) is 5.91 Å². The second-order valence-corrected chi connectivity index (χ2v) is 4.99. The number of amides is 1. The van der Waals surface area contributed by atoms with E-state index in [-0.39, 0.29) is 11.3 Å². The first-order valence-electron chi connectivity index (χ1n) is 6.85. The molecule has 0 saturated heterocycles. The first-order valence-corrected chi connectivity index (χ1v) is 6.85. The van der Waals surface area contributed by atoms with Gasteiger partial charge in [0, 0.05) is 0 Å². The van der Waals surface area contributed by atoms with Crippen LogP contribution in [0.3, 0.4) is 0 Å². The molecule has 0 aromatic rings. The van der Waals surface area contributed by atoms with Crippen LogP contribution in [0.1, 0.15) is 72.6 Å². The van der Waals surface area contributed by atoms with E-state index in [1.807, 2.05) is 0 Å². The third-order valence-electron chi connectivity index (χ3n) is 4.15. The minimum atomic E-state index is -0.261. The summed E-state index contributed by atoms with van der Waals surface area (Å²) in [6.45, 7) is 8.60. The molecule has 2 heteroatoms. The van der Waals surface area contributed by atoms with Gasteiger partial charge in [0.05, 0.1) is 5.41 Å². The lowest BCUT2D eigenvalue weighted by molar-refractivity contribution is -0.131. The molecule has 0 spiro atoms. The lowest BCUT2D eigenvalue weighted by Gasteiger charge is -2.35. The van der Waals surface area contributed by atoms with Crippen LogP contribution < -0.4 is 5.73 Å². The van der Waals surface area contributed by atoms with Crippen molar-refractivity contribution in [3.63, 3.8) is 0 Å². The number of hydrogen-bond acceptors (Lipinski definition) is 1. The predicted octanol–water partition coefficient (Wildman–Crippen LogP) is 3.88. The largest absolute Gasteiger partial charge is 0.369 e. The van der Waals surface area contributed by atoms with Gasteiger partial charge in [-0.15, -0.1) is 0 Å². The summed E-state index contributed by atoms with van der Waals surface area (Å²) in [5.74, 6) is 0.303. The molecule has 2 atom stereocenters. The Bertz CT molecular complexity index is 203. The Balaban J connectivity index is 4.46. The lowest BCUT2D eigenvalue weighted by Crippen LogP contribution is -2.41. The van der Waals surface area contributed by atoms with Gasteiger partial charge in [0.15, 0.2) is 0 Å². The third kappa shape index (κ3) is 3.80. The number of rotatable bonds is 9. The fourth-order valence-electron chi connectivity index (χ4n) is 2.57. The van der Waals surface area contributed by atoms with Crippen LogP contribution in [0.4, 0.5) is 0 Å². The number of primary amides is 1. The minimum Gasteiger partial charge on any atom is -0.369 e.